The average molecular weight is 334 g/mol. The summed E-state index contributed by atoms with van der Waals surface area (Å²) in [5.41, 5.74) is 4.90. The third-order valence-corrected chi connectivity index (χ3v) is 4.99. The van der Waals surface area contributed by atoms with Crippen molar-refractivity contribution in [2.75, 3.05) is 13.6 Å². The minimum absolute atomic E-state index is 0.268. The van der Waals surface area contributed by atoms with Crippen LogP contribution >= 0.6 is 0 Å². The van der Waals surface area contributed by atoms with Crippen LogP contribution in [-0.2, 0) is 6.42 Å². The summed E-state index contributed by atoms with van der Waals surface area (Å²) < 4.78 is 22.5. The summed E-state index contributed by atoms with van der Waals surface area (Å²) >= 11 is 0. The molecule has 0 bridgehead atoms. The molecule has 0 saturated carbocycles. The zero-order chi connectivity index (χ0) is 17.0. The zero-order valence-corrected chi connectivity index (χ0v) is 14.2. The quantitative estimate of drug-likeness (QED) is 0.672. The van der Waals surface area contributed by atoms with Crippen molar-refractivity contribution in [3.05, 3.63) is 47.5 Å². The zero-order valence-electron chi connectivity index (χ0n) is 14.2. The normalized spacial score (nSPS) is 14.3. The molecule has 4 nitrogen and oxygen atoms in total. The largest absolute Gasteiger partial charge is 0.454 e. The lowest BCUT2D eigenvalue weighted by molar-refractivity contribution is 0.174. The van der Waals surface area contributed by atoms with E-state index in [1.807, 2.05) is 12.1 Å². The lowest BCUT2D eigenvalue weighted by Gasteiger charge is -2.17. The third kappa shape index (κ3) is 2.07. The highest BCUT2D eigenvalue weighted by atomic mass is 16.7. The number of fused-ring (bicyclic) bond motifs is 4. The van der Waals surface area contributed by atoms with Crippen LogP contribution in [0.15, 0.2) is 36.4 Å². The molecule has 0 atom stereocenters. The van der Waals surface area contributed by atoms with Crippen molar-refractivity contribution in [3.8, 4) is 34.1 Å². The van der Waals surface area contributed by atoms with E-state index in [4.69, 9.17) is 18.9 Å². The Bertz CT molecular complexity index is 1010. The molecule has 0 N–H and O–H groups in total. The number of aryl methyl sites for hydroxylation is 1. The monoisotopic (exact) mass is 334 g/mol. The van der Waals surface area contributed by atoms with Crippen LogP contribution in [0.4, 0.5) is 0 Å². The Kier molecular flexibility index (Phi) is 3.07. The van der Waals surface area contributed by atoms with Crippen LogP contribution in [0.1, 0.15) is 18.1 Å². The lowest BCUT2D eigenvalue weighted by atomic mass is 9.88. The van der Waals surface area contributed by atoms with Crippen LogP contribution in [-0.4, -0.2) is 13.6 Å². The van der Waals surface area contributed by atoms with Gasteiger partial charge in [0.25, 0.3) is 0 Å². The van der Waals surface area contributed by atoms with Crippen molar-refractivity contribution >= 4 is 10.8 Å². The molecule has 0 aromatic heterocycles. The summed E-state index contributed by atoms with van der Waals surface area (Å²) in [5, 5.41) is 2.27. The highest BCUT2D eigenvalue weighted by Crippen LogP contribution is 2.47. The fourth-order valence-electron chi connectivity index (χ4n) is 3.86. The van der Waals surface area contributed by atoms with E-state index < -0.39 is 0 Å². The predicted octanol–water partition coefficient (Wildman–Crippen LogP) is 4.84. The van der Waals surface area contributed by atoms with E-state index in [0.717, 1.165) is 45.8 Å². The van der Waals surface area contributed by atoms with E-state index in [-0.39, 0.29) is 13.6 Å². The minimum Gasteiger partial charge on any atom is -0.454 e. The number of benzene rings is 3. The van der Waals surface area contributed by atoms with Crippen LogP contribution in [0.2, 0.25) is 0 Å². The molecule has 0 spiro atoms. The van der Waals surface area contributed by atoms with Gasteiger partial charge in [0.15, 0.2) is 23.0 Å². The van der Waals surface area contributed by atoms with Gasteiger partial charge in [-0.05, 0) is 59.2 Å². The molecule has 0 unspecified atom stereocenters. The SMILES string of the molecule is CCc1c(C)cc2ccc3c(c2c1-c1ccc2c(c1)OCO2)OCO3. The first kappa shape index (κ1) is 14.5. The van der Waals surface area contributed by atoms with Crippen LogP contribution in [0, 0.1) is 6.92 Å². The molecule has 0 amide bonds. The van der Waals surface area contributed by atoms with E-state index >= 15 is 0 Å². The highest BCUT2D eigenvalue weighted by Gasteiger charge is 2.23. The second-order valence-corrected chi connectivity index (χ2v) is 6.37. The molecule has 3 aromatic rings. The molecule has 0 radical (unpaired) electrons. The number of rotatable bonds is 2. The number of ether oxygens (including phenoxy) is 4. The summed E-state index contributed by atoms with van der Waals surface area (Å²) in [6.45, 7) is 4.90. The second kappa shape index (κ2) is 5.31. The number of hydrogen-bond donors (Lipinski definition) is 0. The summed E-state index contributed by atoms with van der Waals surface area (Å²) in [4.78, 5) is 0. The van der Waals surface area contributed by atoms with Gasteiger partial charge in [0.1, 0.15) is 0 Å². The van der Waals surface area contributed by atoms with Crippen LogP contribution in [0.3, 0.4) is 0 Å². The number of hydrogen-bond acceptors (Lipinski definition) is 4. The molecule has 5 rings (SSSR count). The van der Waals surface area contributed by atoms with Gasteiger partial charge in [-0.2, -0.15) is 0 Å². The van der Waals surface area contributed by atoms with Crippen LogP contribution in [0.25, 0.3) is 21.9 Å². The van der Waals surface area contributed by atoms with Gasteiger partial charge in [-0.1, -0.05) is 25.1 Å². The van der Waals surface area contributed by atoms with E-state index in [2.05, 4.69) is 38.1 Å². The van der Waals surface area contributed by atoms with E-state index in [0.29, 0.717) is 0 Å². The first-order chi connectivity index (χ1) is 12.3. The van der Waals surface area contributed by atoms with Gasteiger partial charge in [0.2, 0.25) is 13.6 Å². The lowest BCUT2D eigenvalue weighted by Crippen LogP contribution is -1.97. The fraction of sp³-hybridized carbons (Fsp3) is 0.238. The molecular weight excluding hydrogens is 316 g/mol. The van der Waals surface area contributed by atoms with E-state index in [1.165, 1.54) is 16.7 Å². The molecule has 2 heterocycles. The topological polar surface area (TPSA) is 36.9 Å². The minimum atomic E-state index is 0.268. The Labute approximate surface area is 145 Å². The molecule has 2 aliphatic rings. The maximum absolute atomic E-state index is 5.83. The first-order valence-electron chi connectivity index (χ1n) is 8.51. The van der Waals surface area contributed by atoms with Crippen LogP contribution in [0.5, 0.6) is 23.0 Å². The van der Waals surface area contributed by atoms with Gasteiger partial charge in [0, 0.05) is 5.39 Å². The predicted molar refractivity (Wildman–Crippen MR) is 95.7 cm³/mol. The Morgan fingerprint density at radius 3 is 2.48 bits per heavy atom. The Balaban J connectivity index is 1.88. The Morgan fingerprint density at radius 2 is 1.60 bits per heavy atom. The van der Waals surface area contributed by atoms with Gasteiger partial charge in [-0.15, -0.1) is 0 Å². The van der Waals surface area contributed by atoms with Crippen LogP contribution < -0.4 is 18.9 Å². The van der Waals surface area contributed by atoms with E-state index in [9.17, 15) is 0 Å². The highest BCUT2D eigenvalue weighted by molar-refractivity contribution is 6.05. The second-order valence-electron chi connectivity index (χ2n) is 6.37. The Hall–Kier alpha value is -2.88. The van der Waals surface area contributed by atoms with Gasteiger partial charge >= 0.3 is 0 Å². The van der Waals surface area contributed by atoms with Gasteiger partial charge < -0.3 is 18.9 Å². The molecule has 0 saturated heterocycles. The summed E-state index contributed by atoms with van der Waals surface area (Å²) in [6, 6.07) is 12.4. The molecular formula is C21H18O4. The third-order valence-electron chi connectivity index (χ3n) is 4.99. The molecule has 25 heavy (non-hydrogen) atoms. The van der Waals surface area contributed by atoms with Crippen molar-refractivity contribution in [2.24, 2.45) is 0 Å². The molecule has 126 valence electrons. The molecule has 4 heteroatoms. The van der Waals surface area contributed by atoms with E-state index in [1.54, 1.807) is 0 Å². The molecule has 3 aromatic carbocycles. The van der Waals surface area contributed by atoms with Gasteiger partial charge in [-0.25, -0.2) is 0 Å². The summed E-state index contributed by atoms with van der Waals surface area (Å²) in [6.07, 6.45) is 0.941. The summed E-state index contributed by atoms with van der Waals surface area (Å²) in [5.74, 6) is 3.22. The van der Waals surface area contributed by atoms with Crippen molar-refractivity contribution in [3.63, 3.8) is 0 Å². The van der Waals surface area contributed by atoms with Crippen molar-refractivity contribution < 1.29 is 18.9 Å². The Morgan fingerprint density at radius 1 is 0.840 bits per heavy atom. The van der Waals surface area contributed by atoms with Gasteiger partial charge in [0.05, 0.1) is 0 Å². The van der Waals surface area contributed by atoms with Crippen molar-refractivity contribution in [1.82, 2.24) is 0 Å². The van der Waals surface area contributed by atoms with Gasteiger partial charge in [-0.3, -0.25) is 0 Å². The molecule has 0 aliphatic carbocycles. The molecule has 2 aliphatic heterocycles. The standard InChI is InChI=1S/C21H18O4/c1-3-15-12(2)8-13-5-7-17-21(25-11-23-17)20(13)19(15)14-4-6-16-18(9-14)24-10-22-16/h4-9H,3,10-11H2,1-2H3. The average Bonchev–Trinajstić information content (AvgIpc) is 3.28. The maximum atomic E-state index is 5.83. The molecule has 0 fully saturated rings. The van der Waals surface area contributed by atoms with Crippen molar-refractivity contribution in [1.29, 1.82) is 0 Å². The summed E-state index contributed by atoms with van der Waals surface area (Å²) in [7, 11) is 0. The smallest absolute Gasteiger partial charge is 0.231 e. The van der Waals surface area contributed by atoms with Crippen molar-refractivity contribution in [2.45, 2.75) is 20.3 Å². The fourth-order valence-corrected chi connectivity index (χ4v) is 3.86. The first-order valence-corrected chi connectivity index (χ1v) is 8.51. The maximum Gasteiger partial charge on any atom is 0.231 e.